The molecule has 3 aliphatic rings. The van der Waals surface area contributed by atoms with Crippen molar-refractivity contribution in [2.45, 2.75) is 42.7 Å². The number of likely N-dealkylation sites (tertiary alicyclic amines) is 1. The third kappa shape index (κ3) is 2.36. The number of benzene rings is 2. The predicted octanol–water partition coefficient (Wildman–Crippen LogP) is 2.63. The molecule has 0 N–H and O–H groups in total. The second-order valence-corrected chi connectivity index (χ2v) is 8.24. The summed E-state index contributed by atoms with van der Waals surface area (Å²) in [7, 11) is 1.27. The number of hydrogen-bond donors (Lipinski definition) is 0. The van der Waals surface area contributed by atoms with Crippen molar-refractivity contribution >= 4 is 11.9 Å². The van der Waals surface area contributed by atoms with Gasteiger partial charge in [0.15, 0.2) is 11.2 Å². The molecule has 150 valence electrons. The fourth-order valence-corrected chi connectivity index (χ4v) is 5.16. The monoisotopic (exact) mass is 393 g/mol. The molecule has 0 aromatic heterocycles. The van der Waals surface area contributed by atoms with Crippen LogP contribution in [-0.4, -0.2) is 47.3 Å². The van der Waals surface area contributed by atoms with E-state index >= 15 is 0 Å². The third-order valence-electron chi connectivity index (χ3n) is 6.63. The maximum Gasteiger partial charge on any atom is 0.354 e. The maximum absolute atomic E-state index is 12.7. The molecule has 6 nitrogen and oxygen atoms in total. The van der Waals surface area contributed by atoms with E-state index in [2.05, 4.69) is 29.2 Å². The number of epoxide rings is 1. The van der Waals surface area contributed by atoms with E-state index in [1.165, 1.54) is 12.7 Å². The Morgan fingerprint density at radius 1 is 1.14 bits per heavy atom. The highest BCUT2D eigenvalue weighted by Crippen LogP contribution is 2.68. The van der Waals surface area contributed by atoms with Crippen molar-refractivity contribution in [3.63, 3.8) is 0 Å². The Morgan fingerprint density at radius 3 is 2.45 bits per heavy atom. The smallest absolute Gasteiger partial charge is 0.354 e. The summed E-state index contributed by atoms with van der Waals surface area (Å²) in [6, 6.07) is 20.3. The number of hydrogen-bond acceptors (Lipinski definition) is 6. The molecular formula is C23H23NO5. The topological polar surface area (TPSA) is 68.4 Å². The first kappa shape index (κ1) is 18.3. The molecule has 0 radical (unpaired) electrons. The van der Waals surface area contributed by atoms with Gasteiger partial charge in [-0.2, -0.15) is 0 Å². The molecule has 6 heteroatoms. The van der Waals surface area contributed by atoms with Gasteiger partial charge < -0.3 is 14.2 Å². The van der Waals surface area contributed by atoms with Crippen LogP contribution < -0.4 is 0 Å². The van der Waals surface area contributed by atoms with E-state index < -0.39 is 28.7 Å². The van der Waals surface area contributed by atoms with Crippen LogP contribution in [0.2, 0.25) is 0 Å². The van der Waals surface area contributed by atoms with Crippen LogP contribution in [0.3, 0.4) is 0 Å². The summed E-state index contributed by atoms with van der Waals surface area (Å²) in [6.45, 7) is 3.03. The highest BCUT2D eigenvalue weighted by molar-refractivity contribution is 6.11. The van der Waals surface area contributed by atoms with Crippen LogP contribution in [0.4, 0.5) is 0 Å². The third-order valence-corrected chi connectivity index (χ3v) is 6.63. The molecule has 1 spiro atoms. The molecule has 3 fully saturated rings. The van der Waals surface area contributed by atoms with Gasteiger partial charge in [-0.15, -0.1) is 0 Å². The Hall–Kier alpha value is -2.70. The Kier molecular flexibility index (Phi) is 3.89. The Bertz CT molecular complexity index is 964. The van der Waals surface area contributed by atoms with Crippen molar-refractivity contribution in [2.24, 2.45) is 0 Å². The second-order valence-electron chi connectivity index (χ2n) is 8.24. The van der Waals surface area contributed by atoms with Crippen molar-refractivity contribution in [1.82, 2.24) is 4.90 Å². The van der Waals surface area contributed by atoms with E-state index in [0.29, 0.717) is 19.5 Å². The van der Waals surface area contributed by atoms with E-state index in [9.17, 15) is 9.59 Å². The molecule has 5 rings (SSSR count). The molecule has 29 heavy (non-hydrogen) atoms. The lowest BCUT2D eigenvalue weighted by Crippen LogP contribution is -2.58. The molecular weight excluding hydrogens is 370 g/mol. The lowest BCUT2D eigenvalue weighted by molar-refractivity contribution is -0.179. The van der Waals surface area contributed by atoms with Gasteiger partial charge in [0, 0.05) is 25.6 Å². The van der Waals surface area contributed by atoms with Gasteiger partial charge in [0.25, 0.3) is 5.60 Å². The average molecular weight is 393 g/mol. The van der Waals surface area contributed by atoms with E-state index in [0.717, 1.165) is 5.56 Å². The highest BCUT2D eigenvalue weighted by Gasteiger charge is 2.94. The standard InChI is InChI=1S/C23H23NO5/c1-21-15-24(14-16-9-5-3-6-10-16)18(17-11-7-4-8-12-17)13-22(21)23(29-22,19(25)27-2)20(26)28-21/h3-12,18H,13-15H2,1-2H3/t18-,21+,22+,23-/m1/s1. The molecule has 2 aromatic rings. The number of rotatable bonds is 4. The van der Waals surface area contributed by atoms with E-state index in [1.54, 1.807) is 0 Å². The predicted molar refractivity (Wildman–Crippen MR) is 104 cm³/mol. The van der Waals surface area contributed by atoms with Gasteiger partial charge in [0.2, 0.25) is 0 Å². The van der Waals surface area contributed by atoms with Gasteiger partial charge in [0.05, 0.1) is 7.11 Å². The molecule has 3 aliphatic heterocycles. The van der Waals surface area contributed by atoms with Crippen molar-refractivity contribution in [1.29, 1.82) is 0 Å². The molecule has 3 heterocycles. The molecule has 0 bridgehead atoms. The quantitative estimate of drug-likeness (QED) is 0.452. The van der Waals surface area contributed by atoms with E-state index in [4.69, 9.17) is 14.2 Å². The van der Waals surface area contributed by atoms with Crippen LogP contribution in [0.5, 0.6) is 0 Å². The maximum atomic E-state index is 12.7. The lowest BCUT2D eigenvalue weighted by atomic mass is 9.72. The van der Waals surface area contributed by atoms with Crippen LogP contribution >= 0.6 is 0 Å². The lowest BCUT2D eigenvalue weighted by Gasteiger charge is -2.46. The number of esters is 2. The first-order chi connectivity index (χ1) is 14.0. The van der Waals surface area contributed by atoms with E-state index in [-0.39, 0.29) is 6.04 Å². The van der Waals surface area contributed by atoms with E-state index in [1.807, 2.05) is 43.3 Å². The average Bonchev–Trinajstić information content (AvgIpc) is 3.38. The SMILES string of the molecule is COC(=O)[C@]12O[C@]13C[C@H](c1ccccc1)N(Cc1ccccc1)C[C@]3(C)OC2=O. The number of ether oxygens (including phenoxy) is 3. The van der Waals surface area contributed by atoms with Crippen molar-refractivity contribution in [3.8, 4) is 0 Å². The first-order valence-corrected chi connectivity index (χ1v) is 9.81. The van der Waals surface area contributed by atoms with Gasteiger partial charge in [-0.25, -0.2) is 9.59 Å². The van der Waals surface area contributed by atoms with Crippen molar-refractivity contribution in [2.75, 3.05) is 13.7 Å². The van der Waals surface area contributed by atoms with Crippen LogP contribution in [0, 0.1) is 0 Å². The number of carbonyl (C=O) groups excluding carboxylic acids is 2. The van der Waals surface area contributed by atoms with Gasteiger partial charge in [-0.3, -0.25) is 4.90 Å². The van der Waals surface area contributed by atoms with Crippen LogP contribution in [-0.2, 0) is 30.3 Å². The zero-order valence-corrected chi connectivity index (χ0v) is 16.5. The van der Waals surface area contributed by atoms with Crippen molar-refractivity contribution < 1.29 is 23.8 Å². The van der Waals surface area contributed by atoms with Crippen LogP contribution in [0.15, 0.2) is 60.7 Å². The zero-order valence-electron chi connectivity index (χ0n) is 16.5. The summed E-state index contributed by atoms with van der Waals surface area (Å²) in [5.74, 6) is -1.31. The molecule has 0 saturated carbocycles. The Morgan fingerprint density at radius 2 is 1.79 bits per heavy atom. The van der Waals surface area contributed by atoms with Gasteiger partial charge >= 0.3 is 11.9 Å². The van der Waals surface area contributed by atoms with Crippen LogP contribution in [0.25, 0.3) is 0 Å². The van der Waals surface area contributed by atoms with Crippen LogP contribution in [0.1, 0.15) is 30.5 Å². The Labute approximate surface area is 169 Å². The fraction of sp³-hybridized carbons (Fsp3) is 0.391. The van der Waals surface area contributed by atoms with Gasteiger partial charge in [-0.1, -0.05) is 60.7 Å². The zero-order chi connectivity index (χ0) is 20.3. The van der Waals surface area contributed by atoms with Crippen molar-refractivity contribution in [3.05, 3.63) is 71.8 Å². The van der Waals surface area contributed by atoms with Gasteiger partial charge in [-0.05, 0) is 18.1 Å². The minimum atomic E-state index is -1.64. The number of carbonyl (C=O) groups is 2. The summed E-state index contributed by atoms with van der Waals surface area (Å²) in [5.41, 5.74) is -1.26. The summed E-state index contributed by atoms with van der Waals surface area (Å²) in [4.78, 5) is 27.6. The molecule has 4 atom stereocenters. The molecule has 0 unspecified atom stereocenters. The minimum absolute atomic E-state index is 0.0227. The highest BCUT2D eigenvalue weighted by atomic mass is 16.7. The molecule has 2 aromatic carbocycles. The Balaban J connectivity index is 1.55. The van der Waals surface area contributed by atoms with Gasteiger partial charge in [0.1, 0.15) is 0 Å². The summed E-state index contributed by atoms with van der Waals surface area (Å²) < 4.78 is 16.7. The minimum Gasteiger partial charge on any atom is -0.466 e. The first-order valence-electron chi connectivity index (χ1n) is 9.81. The normalized spacial score (nSPS) is 35.4. The molecule has 0 amide bonds. The summed E-state index contributed by atoms with van der Waals surface area (Å²) in [5, 5.41) is 0. The molecule has 3 saturated heterocycles. The summed E-state index contributed by atoms with van der Waals surface area (Å²) in [6.07, 6.45) is 0.473. The number of nitrogens with zero attached hydrogens (tertiary/aromatic N) is 1. The number of piperidine rings is 1. The summed E-state index contributed by atoms with van der Waals surface area (Å²) >= 11 is 0. The number of methoxy groups -OCH3 is 1. The second kappa shape index (κ2) is 6.15. The fourth-order valence-electron chi connectivity index (χ4n) is 5.16. The molecule has 0 aliphatic carbocycles. The largest absolute Gasteiger partial charge is 0.466 e.